The van der Waals surface area contributed by atoms with E-state index in [-0.39, 0.29) is 12.3 Å². The number of esters is 1. The van der Waals surface area contributed by atoms with E-state index in [0.717, 1.165) is 35.0 Å². The molecule has 2 aliphatic rings. The van der Waals surface area contributed by atoms with E-state index >= 15 is 0 Å². The molecule has 0 aliphatic carbocycles. The van der Waals surface area contributed by atoms with Gasteiger partial charge >= 0.3 is 5.97 Å². The number of hydrogen-bond acceptors (Lipinski definition) is 7. The third-order valence-corrected chi connectivity index (χ3v) is 6.11. The Bertz CT molecular complexity index is 1020. The zero-order chi connectivity index (χ0) is 21.1. The number of nitro benzene ring substituents is 1. The van der Waals surface area contributed by atoms with Crippen LogP contribution < -0.4 is 0 Å². The summed E-state index contributed by atoms with van der Waals surface area (Å²) in [6.45, 7) is 2.77. The van der Waals surface area contributed by atoms with Gasteiger partial charge in [-0.1, -0.05) is 42.1 Å². The van der Waals surface area contributed by atoms with Gasteiger partial charge in [0, 0.05) is 30.0 Å². The fourth-order valence-electron chi connectivity index (χ4n) is 3.71. The maximum atomic E-state index is 13.1. The Balaban J connectivity index is 1.91. The number of carbonyl (C=O) groups excluding carboxylic acids is 1. The lowest BCUT2D eigenvalue weighted by Crippen LogP contribution is -2.42. The Labute approximate surface area is 178 Å². The van der Waals surface area contributed by atoms with Gasteiger partial charge in [0.25, 0.3) is 5.69 Å². The van der Waals surface area contributed by atoms with E-state index in [1.54, 1.807) is 30.8 Å². The van der Waals surface area contributed by atoms with E-state index in [4.69, 9.17) is 9.73 Å². The summed E-state index contributed by atoms with van der Waals surface area (Å²) in [6, 6.07) is 15.5. The molecule has 0 N–H and O–H groups in total. The second-order valence-electron chi connectivity index (χ2n) is 6.89. The van der Waals surface area contributed by atoms with Crippen molar-refractivity contribution in [1.82, 2.24) is 4.90 Å². The molecule has 0 bridgehead atoms. The third kappa shape index (κ3) is 3.82. The predicted octanol–water partition coefficient (Wildman–Crippen LogP) is 4.42. The number of non-ortho nitro benzene ring substituents is 1. The normalized spacial score (nSPS) is 18.5. The fraction of sp³-hybridized carbons (Fsp3) is 0.273. The number of aliphatic imine (C=N–C) groups is 1. The highest BCUT2D eigenvalue weighted by Gasteiger charge is 2.39. The quantitative estimate of drug-likeness (QED) is 0.402. The maximum Gasteiger partial charge on any atom is 0.338 e. The van der Waals surface area contributed by atoms with E-state index in [0.29, 0.717) is 11.3 Å². The van der Waals surface area contributed by atoms with Crippen LogP contribution in [0.2, 0.25) is 0 Å². The van der Waals surface area contributed by atoms with Gasteiger partial charge in [-0.05, 0) is 31.0 Å². The number of fused-ring (bicyclic) bond motifs is 1. The second-order valence-corrected chi connectivity index (χ2v) is 7.95. The first-order valence-corrected chi connectivity index (χ1v) is 10.8. The zero-order valence-electron chi connectivity index (χ0n) is 16.5. The van der Waals surface area contributed by atoms with Crippen molar-refractivity contribution in [3.8, 4) is 0 Å². The van der Waals surface area contributed by atoms with Crippen molar-refractivity contribution in [3.63, 3.8) is 0 Å². The molecule has 2 heterocycles. The smallest absolute Gasteiger partial charge is 0.338 e. The molecule has 1 saturated heterocycles. The van der Waals surface area contributed by atoms with E-state index in [1.165, 1.54) is 12.1 Å². The monoisotopic (exact) mass is 423 g/mol. The molecule has 0 saturated carbocycles. The minimum absolute atomic E-state index is 0.0152. The lowest BCUT2D eigenvalue weighted by molar-refractivity contribution is -0.384. The van der Waals surface area contributed by atoms with Crippen LogP contribution in [0.1, 0.15) is 30.5 Å². The lowest BCUT2D eigenvalue weighted by atomic mass is 9.91. The predicted molar refractivity (Wildman–Crippen MR) is 117 cm³/mol. The Morgan fingerprint density at radius 2 is 1.97 bits per heavy atom. The zero-order valence-corrected chi connectivity index (χ0v) is 17.3. The van der Waals surface area contributed by atoms with Gasteiger partial charge < -0.3 is 9.64 Å². The number of rotatable bonds is 5. The van der Waals surface area contributed by atoms with Crippen LogP contribution in [0, 0.1) is 10.1 Å². The van der Waals surface area contributed by atoms with Crippen LogP contribution in [-0.4, -0.2) is 39.9 Å². The molecular weight excluding hydrogens is 402 g/mol. The van der Waals surface area contributed by atoms with Crippen LogP contribution in [0.4, 0.5) is 5.69 Å². The van der Waals surface area contributed by atoms with Crippen molar-refractivity contribution in [3.05, 3.63) is 81.4 Å². The molecule has 7 nitrogen and oxygen atoms in total. The molecule has 4 rings (SSSR count). The molecule has 2 aromatic rings. The number of carbonyl (C=O) groups is 1. The number of thioether (sulfide) groups is 1. The van der Waals surface area contributed by atoms with Crippen molar-refractivity contribution in [1.29, 1.82) is 0 Å². The number of nitrogens with zero attached hydrogens (tertiary/aromatic N) is 3. The van der Waals surface area contributed by atoms with Gasteiger partial charge in [-0.15, -0.1) is 0 Å². The summed E-state index contributed by atoms with van der Waals surface area (Å²) in [6.07, 6.45) is 0.962. The summed E-state index contributed by atoms with van der Waals surface area (Å²) in [5.74, 6) is 0.539. The Morgan fingerprint density at radius 1 is 1.23 bits per heavy atom. The minimum atomic E-state index is -0.425. The summed E-state index contributed by atoms with van der Waals surface area (Å²) in [5, 5.41) is 12.0. The van der Waals surface area contributed by atoms with Crippen molar-refractivity contribution in [2.75, 3.05) is 18.9 Å². The topological polar surface area (TPSA) is 85.0 Å². The second kappa shape index (κ2) is 8.71. The van der Waals surface area contributed by atoms with Crippen molar-refractivity contribution >= 4 is 34.3 Å². The van der Waals surface area contributed by atoms with Crippen LogP contribution in [0.25, 0.3) is 5.70 Å². The largest absolute Gasteiger partial charge is 0.463 e. The standard InChI is InChI=1S/C22H21N3O4S/c1-2-29-21(26)18-19(15-7-4-3-5-8-15)23-22-24(13-6-14-30-22)20(18)16-9-11-17(12-10-16)25(27)28/h3-5,7-12,20H,2,6,13-14H2,1H3/t20-/m0/s1. The number of amidine groups is 1. The number of nitro groups is 1. The maximum absolute atomic E-state index is 13.1. The van der Waals surface area contributed by atoms with Gasteiger partial charge in [0.1, 0.15) is 0 Å². The highest BCUT2D eigenvalue weighted by molar-refractivity contribution is 8.13. The van der Waals surface area contributed by atoms with Gasteiger partial charge in [-0.3, -0.25) is 10.1 Å². The highest BCUT2D eigenvalue weighted by atomic mass is 32.2. The highest BCUT2D eigenvalue weighted by Crippen LogP contribution is 2.43. The number of hydrogen-bond donors (Lipinski definition) is 0. The third-order valence-electron chi connectivity index (χ3n) is 5.03. The van der Waals surface area contributed by atoms with Crippen molar-refractivity contribution < 1.29 is 14.5 Å². The first kappa shape index (κ1) is 20.2. The van der Waals surface area contributed by atoms with Crippen molar-refractivity contribution in [2.45, 2.75) is 19.4 Å². The van der Waals surface area contributed by atoms with E-state index in [2.05, 4.69) is 4.90 Å². The molecule has 2 aliphatic heterocycles. The molecule has 154 valence electrons. The van der Waals surface area contributed by atoms with Crippen LogP contribution in [-0.2, 0) is 9.53 Å². The summed E-state index contributed by atoms with van der Waals surface area (Å²) in [5.41, 5.74) is 2.71. The molecule has 0 amide bonds. The first-order chi connectivity index (χ1) is 14.6. The SMILES string of the molecule is CCOC(=O)C1=C(c2ccccc2)N=C2SCCCN2[C@H]1c1ccc([N+](=O)[O-])cc1. The fourth-order valence-corrected chi connectivity index (χ4v) is 4.69. The molecule has 2 aromatic carbocycles. The van der Waals surface area contributed by atoms with Gasteiger partial charge in [-0.25, -0.2) is 9.79 Å². The molecule has 0 radical (unpaired) electrons. The Kier molecular flexibility index (Phi) is 5.85. The van der Waals surface area contributed by atoms with Gasteiger partial charge in [0.2, 0.25) is 0 Å². The van der Waals surface area contributed by atoms with Crippen LogP contribution in [0.15, 0.2) is 65.2 Å². The summed E-state index contributed by atoms with van der Waals surface area (Å²) in [4.78, 5) is 30.8. The average Bonchev–Trinajstić information content (AvgIpc) is 2.78. The lowest BCUT2D eigenvalue weighted by Gasteiger charge is -2.41. The van der Waals surface area contributed by atoms with E-state index in [1.807, 2.05) is 30.3 Å². The van der Waals surface area contributed by atoms with Crippen LogP contribution in [0.3, 0.4) is 0 Å². The number of benzene rings is 2. The van der Waals surface area contributed by atoms with E-state index < -0.39 is 16.9 Å². The van der Waals surface area contributed by atoms with Crippen molar-refractivity contribution in [2.24, 2.45) is 4.99 Å². The molecule has 0 unspecified atom stereocenters. The molecule has 1 fully saturated rings. The first-order valence-electron chi connectivity index (χ1n) is 9.79. The molecular formula is C22H21N3O4S. The summed E-state index contributed by atoms with van der Waals surface area (Å²) < 4.78 is 5.42. The summed E-state index contributed by atoms with van der Waals surface area (Å²) in [7, 11) is 0. The molecule has 30 heavy (non-hydrogen) atoms. The van der Waals surface area contributed by atoms with Crippen LogP contribution in [0.5, 0.6) is 0 Å². The minimum Gasteiger partial charge on any atom is -0.463 e. The van der Waals surface area contributed by atoms with Gasteiger partial charge in [0.05, 0.1) is 28.8 Å². The van der Waals surface area contributed by atoms with Gasteiger partial charge in [0.15, 0.2) is 5.17 Å². The Hall–Kier alpha value is -3.13. The number of ether oxygens (including phenoxy) is 1. The Morgan fingerprint density at radius 3 is 2.63 bits per heavy atom. The molecule has 0 aromatic heterocycles. The molecule has 0 spiro atoms. The van der Waals surface area contributed by atoms with Crippen LogP contribution >= 0.6 is 11.8 Å². The summed E-state index contributed by atoms with van der Waals surface area (Å²) >= 11 is 1.66. The van der Waals surface area contributed by atoms with E-state index in [9.17, 15) is 14.9 Å². The van der Waals surface area contributed by atoms with Gasteiger partial charge in [-0.2, -0.15) is 0 Å². The molecule has 8 heteroatoms. The molecule has 1 atom stereocenters. The average molecular weight is 423 g/mol.